The molecular formula is C19H22ClN3O5. The fourth-order valence-corrected chi connectivity index (χ4v) is 5.11. The number of nitrogens with zero attached hydrogens (tertiary/aromatic N) is 1. The average Bonchev–Trinajstić information content (AvgIpc) is 3.21. The Kier molecular flexibility index (Phi) is 4.50. The highest BCUT2D eigenvalue weighted by atomic mass is 35.5. The molecule has 5 atom stereocenters. The maximum absolute atomic E-state index is 13.3. The van der Waals surface area contributed by atoms with Gasteiger partial charge in [-0.2, -0.15) is 0 Å². The van der Waals surface area contributed by atoms with Gasteiger partial charge in [-0.3, -0.25) is 24.6 Å². The van der Waals surface area contributed by atoms with Gasteiger partial charge >= 0.3 is 0 Å². The lowest BCUT2D eigenvalue weighted by atomic mass is 9.76. The van der Waals surface area contributed by atoms with Crippen LogP contribution in [0.4, 0.5) is 5.69 Å². The molecule has 0 aliphatic carbocycles. The molecule has 1 spiro atoms. The van der Waals surface area contributed by atoms with Gasteiger partial charge in [0.2, 0.25) is 17.7 Å². The van der Waals surface area contributed by atoms with Crippen molar-refractivity contribution in [2.75, 3.05) is 25.6 Å². The summed E-state index contributed by atoms with van der Waals surface area (Å²) in [5.41, 5.74) is 0.434. The number of aliphatic hydroxyl groups is 1. The highest BCUT2D eigenvalue weighted by Crippen LogP contribution is 2.54. The van der Waals surface area contributed by atoms with Gasteiger partial charge in [-0.05, 0) is 31.5 Å². The number of hydrogen-bond donors (Lipinski definition) is 3. The number of benzene rings is 1. The number of hydrogen-bond acceptors (Lipinski definition) is 6. The standard InChI is InChI=1S/C19H22ClN3O5/c1-8-6-10(20)7-11-14(8)21-18(27)19(11)13-12(15(22-19)9(2)24)16(25)23(17(13)26)4-5-28-3/h6-7,9,12-13,15,22,24H,4-5H2,1-3H3,(H,21,27)/t9-,12-,13-,15-,19+/m0/s1. The lowest BCUT2D eigenvalue weighted by Gasteiger charge is -2.30. The number of fused-ring (bicyclic) bond motifs is 4. The van der Waals surface area contributed by atoms with Crippen LogP contribution in [0.25, 0.3) is 0 Å². The van der Waals surface area contributed by atoms with Gasteiger partial charge in [0.05, 0.1) is 31.1 Å². The summed E-state index contributed by atoms with van der Waals surface area (Å²) in [6.07, 6.45) is -0.942. The van der Waals surface area contributed by atoms with Crippen LogP contribution in [0.1, 0.15) is 18.1 Å². The number of nitrogens with one attached hydrogen (secondary N) is 2. The molecule has 0 aromatic heterocycles. The van der Waals surface area contributed by atoms with E-state index in [0.29, 0.717) is 16.3 Å². The van der Waals surface area contributed by atoms with Gasteiger partial charge in [0.25, 0.3) is 0 Å². The zero-order valence-electron chi connectivity index (χ0n) is 15.8. The van der Waals surface area contributed by atoms with E-state index < -0.39 is 47.2 Å². The largest absolute Gasteiger partial charge is 0.392 e. The summed E-state index contributed by atoms with van der Waals surface area (Å²) in [6, 6.07) is 2.63. The zero-order chi connectivity index (χ0) is 20.4. The van der Waals surface area contributed by atoms with Gasteiger partial charge in [0.1, 0.15) is 5.54 Å². The van der Waals surface area contributed by atoms with E-state index in [1.54, 1.807) is 19.1 Å². The van der Waals surface area contributed by atoms with Gasteiger partial charge < -0.3 is 15.2 Å². The molecule has 3 N–H and O–H groups in total. The van der Waals surface area contributed by atoms with Crippen LogP contribution in [0, 0.1) is 18.8 Å². The predicted molar refractivity (Wildman–Crippen MR) is 101 cm³/mol. The topological polar surface area (TPSA) is 108 Å². The highest BCUT2D eigenvalue weighted by Gasteiger charge is 2.71. The van der Waals surface area contributed by atoms with E-state index in [4.69, 9.17) is 16.3 Å². The van der Waals surface area contributed by atoms with Crippen LogP contribution in [0.3, 0.4) is 0 Å². The minimum Gasteiger partial charge on any atom is -0.392 e. The van der Waals surface area contributed by atoms with Crippen molar-refractivity contribution in [1.29, 1.82) is 0 Å². The van der Waals surface area contributed by atoms with E-state index in [1.165, 1.54) is 7.11 Å². The fourth-order valence-electron chi connectivity index (χ4n) is 4.84. The summed E-state index contributed by atoms with van der Waals surface area (Å²) in [5, 5.41) is 16.7. The summed E-state index contributed by atoms with van der Waals surface area (Å²) in [5.74, 6) is -3.07. The Bertz CT molecular complexity index is 889. The Morgan fingerprint density at radius 1 is 1.32 bits per heavy atom. The molecule has 4 rings (SSSR count). The third kappa shape index (κ3) is 2.38. The molecular weight excluding hydrogens is 386 g/mol. The van der Waals surface area contributed by atoms with Gasteiger partial charge in [-0.1, -0.05) is 11.6 Å². The van der Waals surface area contributed by atoms with E-state index in [9.17, 15) is 19.5 Å². The summed E-state index contributed by atoms with van der Waals surface area (Å²) in [4.78, 5) is 40.7. The van der Waals surface area contributed by atoms with Gasteiger partial charge in [0.15, 0.2) is 0 Å². The molecule has 28 heavy (non-hydrogen) atoms. The van der Waals surface area contributed by atoms with Crippen LogP contribution in [0.15, 0.2) is 12.1 Å². The van der Waals surface area contributed by atoms with Crippen molar-refractivity contribution in [3.8, 4) is 0 Å². The third-order valence-electron chi connectivity index (χ3n) is 6.05. The Labute approximate surface area is 167 Å². The lowest BCUT2D eigenvalue weighted by molar-refractivity contribution is -0.143. The molecule has 9 heteroatoms. The number of amides is 3. The summed E-state index contributed by atoms with van der Waals surface area (Å²) in [6.45, 7) is 3.66. The highest BCUT2D eigenvalue weighted by molar-refractivity contribution is 6.31. The summed E-state index contributed by atoms with van der Waals surface area (Å²) < 4.78 is 5.01. The molecule has 0 saturated carbocycles. The number of methoxy groups -OCH3 is 1. The Morgan fingerprint density at radius 2 is 2.04 bits per heavy atom. The number of halogens is 1. The number of aliphatic hydroxyl groups excluding tert-OH is 1. The molecule has 2 fully saturated rings. The van der Waals surface area contributed by atoms with Crippen molar-refractivity contribution in [3.05, 3.63) is 28.3 Å². The number of aryl methyl sites for hydroxylation is 1. The van der Waals surface area contributed by atoms with Crippen molar-refractivity contribution in [2.45, 2.75) is 31.5 Å². The summed E-state index contributed by atoms with van der Waals surface area (Å²) in [7, 11) is 1.49. The third-order valence-corrected chi connectivity index (χ3v) is 6.27. The second-order valence-corrected chi connectivity index (χ2v) is 8.08. The van der Waals surface area contributed by atoms with Crippen molar-refractivity contribution in [2.24, 2.45) is 11.8 Å². The van der Waals surface area contributed by atoms with Crippen LogP contribution in [-0.2, 0) is 24.7 Å². The molecule has 150 valence electrons. The maximum Gasteiger partial charge on any atom is 0.250 e. The number of likely N-dealkylation sites (tertiary alicyclic amines) is 1. The second kappa shape index (κ2) is 6.52. The van der Waals surface area contributed by atoms with E-state index in [1.807, 2.05) is 6.92 Å². The Balaban J connectivity index is 1.89. The Hall–Kier alpha value is -2.00. The number of carbonyl (C=O) groups is 3. The predicted octanol–water partition coefficient (Wildman–Crippen LogP) is 0.396. The van der Waals surface area contributed by atoms with Crippen molar-refractivity contribution >= 4 is 35.0 Å². The zero-order valence-corrected chi connectivity index (χ0v) is 16.5. The smallest absolute Gasteiger partial charge is 0.250 e. The normalized spacial score (nSPS) is 32.1. The van der Waals surface area contributed by atoms with E-state index >= 15 is 0 Å². The molecule has 1 aromatic rings. The number of rotatable bonds is 4. The van der Waals surface area contributed by atoms with E-state index in [-0.39, 0.29) is 13.2 Å². The first kappa shape index (κ1) is 19.3. The Morgan fingerprint density at radius 3 is 2.68 bits per heavy atom. The monoisotopic (exact) mass is 407 g/mol. The molecule has 0 bridgehead atoms. The van der Waals surface area contributed by atoms with Crippen LogP contribution in [0.2, 0.25) is 5.02 Å². The second-order valence-electron chi connectivity index (χ2n) is 7.64. The lowest BCUT2D eigenvalue weighted by Crippen LogP contribution is -2.55. The van der Waals surface area contributed by atoms with Crippen molar-refractivity contribution < 1.29 is 24.2 Å². The van der Waals surface area contributed by atoms with Gasteiger partial charge in [-0.15, -0.1) is 0 Å². The molecule has 3 aliphatic rings. The molecule has 3 amide bonds. The molecule has 0 radical (unpaired) electrons. The molecule has 2 saturated heterocycles. The van der Waals surface area contributed by atoms with E-state index in [2.05, 4.69) is 10.6 Å². The molecule has 3 aliphatic heterocycles. The quantitative estimate of drug-likeness (QED) is 0.623. The fraction of sp³-hybridized carbons (Fsp3) is 0.526. The molecule has 8 nitrogen and oxygen atoms in total. The number of ether oxygens (including phenoxy) is 1. The molecule has 3 heterocycles. The van der Waals surface area contributed by atoms with Crippen LogP contribution in [-0.4, -0.2) is 60.1 Å². The van der Waals surface area contributed by atoms with Crippen molar-refractivity contribution in [3.63, 3.8) is 0 Å². The number of imide groups is 1. The first-order valence-electron chi connectivity index (χ1n) is 9.16. The van der Waals surface area contributed by atoms with E-state index in [0.717, 1.165) is 10.5 Å². The average molecular weight is 408 g/mol. The molecule has 0 unspecified atom stereocenters. The summed E-state index contributed by atoms with van der Waals surface area (Å²) >= 11 is 6.25. The minimum absolute atomic E-state index is 0.104. The maximum atomic E-state index is 13.3. The molecule has 1 aromatic carbocycles. The number of carbonyl (C=O) groups excluding carboxylic acids is 3. The van der Waals surface area contributed by atoms with Gasteiger partial charge in [-0.25, -0.2) is 0 Å². The van der Waals surface area contributed by atoms with Crippen molar-refractivity contribution in [1.82, 2.24) is 10.2 Å². The van der Waals surface area contributed by atoms with Gasteiger partial charge in [0, 0.05) is 29.4 Å². The van der Waals surface area contributed by atoms with Crippen LogP contribution >= 0.6 is 11.6 Å². The van der Waals surface area contributed by atoms with Crippen LogP contribution < -0.4 is 10.6 Å². The first-order chi connectivity index (χ1) is 13.2. The van der Waals surface area contributed by atoms with Crippen LogP contribution in [0.5, 0.6) is 0 Å². The SMILES string of the molecule is COCCN1C(=O)[C@@H]2[C@H]([C@H](C)O)N[C@@]3(C(=O)Nc4c(C)cc(Cl)cc43)[C@@H]2C1=O. The minimum atomic E-state index is -1.45. The number of anilines is 1. The first-order valence-corrected chi connectivity index (χ1v) is 9.53.